The van der Waals surface area contributed by atoms with Gasteiger partial charge in [-0.3, -0.25) is 9.48 Å². The third-order valence-corrected chi connectivity index (χ3v) is 5.21. The molecule has 1 aliphatic rings. The predicted molar refractivity (Wildman–Crippen MR) is 97.6 cm³/mol. The van der Waals surface area contributed by atoms with Crippen molar-refractivity contribution < 1.29 is 4.79 Å². The van der Waals surface area contributed by atoms with Crippen molar-refractivity contribution in [3.8, 4) is 5.69 Å². The summed E-state index contributed by atoms with van der Waals surface area (Å²) >= 11 is 12.2. The number of nitrogens with two attached hydrogens (primary N) is 1. The number of aromatic nitrogens is 5. The molecule has 4 rings (SSSR count). The van der Waals surface area contributed by atoms with Crippen LogP contribution in [0.25, 0.3) is 5.69 Å². The molecule has 1 atom stereocenters. The molecule has 1 unspecified atom stereocenters. The maximum atomic E-state index is 11.3. The molecule has 0 spiro atoms. The van der Waals surface area contributed by atoms with E-state index >= 15 is 0 Å². The molecule has 0 saturated heterocycles. The molecule has 1 amide bonds. The topological polar surface area (TPSA) is 91.6 Å². The van der Waals surface area contributed by atoms with E-state index in [4.69, 9.17) is 28.9 Å². The molecule has 26 heavy (non-hydrogen) atoms. The average Bonchev–Trinajstić information content (AvgIpc) is 3.22. The maximum Gasteiger partial charge on any atom is 0.225 e. The zero-order valence-corrected chi connectivity index (χ0v) is 15.3. The minimum atomic E-state index is -0.468. The largest absolute Gasteiger partial charge is 0.369 e. The third-order valence-electron chi connectivity index (χ3n) is 4.47. The summed E-state index contributed by atoms with van der Waals surface area (Å²) in [4.78, 5) is 15.9. The SMILES string of the molecule is NC(=O)Cc1nc(C2CCn3nccc3C2)n(-c2ccc(Cl)c(Cl)c2)n1. The second-order valence-electron chi connectivity index (χ2n) is 6.27. The first-order chi connectivity index (χ1) is 12.5. The van der Waals surface area contributed by atoms with Gasteiger partial charge in [-0.05, 0) is 37.1 Å². The zero-order valence-electron chi connectivity index (χ0n) is 13.8. The molecule has 0 aliphatic carbocycles. The van der Waals surface area contributed by atoms with Crippen LogP contribution in [0, 0.1) is 0 Å². The number of carbonyl (C=O) groups is 1. The Morgan fingerprint density at radius 2 is 2.12 bits per heavy atom. The van der Waals surface area contributed by atoms with Crippen molar-refractivity contribution in [3.63, 3.8) is 0 Å². The van der Waals surface area contributed by atoms with Crippen molar-refractivity contribution in [1.29, 1.82) is 0 Å². The highest BCUT2D eigenvalue weighted by Gasteiger charge is 2.27. The molecule has 7 nitrogen and oxygen atoms in total. The van der Waals surface area contributed by atoms with Gasteiger partial charge in [0.15, 0.2) is 5.82 Å². The van der Waals surface area contributed by atoms with Gasteiger partial charge >= 0.3 is 0 Å². The number of carbonyl (C=O) groups excluding carboxylic acids is 1. The summed E-state index contributed by atoms with van der Waals surface area (Å²) in [5.41, 5.74) is 7.22. The number of benzene rings is 1. The van der Waals surface area contributed by atoms with E-state index in [-0.39, 0.29) is 12.3 Å². The molecular formula is C17H16Cl2N6O. The van der Waals surface area contributed by atoms with Crippen molar-refractivity contribution >= 4 is 29.1 Å². The fourth-order valence-electron chi connectivity index (χ4n) is 3.26. The average molecular weight is 391 g/mol. The molecule has 3 heterocycles. The van der Waals surface area contributed by atoms with Gasteiger partial charge in [0.1, 0.15) is 5.82 Å². The Kier molecular flexibility index (Phi) is 4.42. The van der Waals surface area contributed by atoms with Crippen LogP contribution in [0.15, 0.2) is 30.5 Å². The number of hydrogen-bond donors (Lipinski definition) is 1. The predicted octanol–water partition coefficient (Wildman–Crippen LogP) is 2.53. The Balaban J connectivity index is 1.76. The smallest absolute Gasteiger partial charge is 0.225 e. The van der Waals surface area contributed by atoms with Gasteiger partial charge in [0.2, 0.25) is 5.91 Å². The van der Waals surface area contributed by atoms with Crippen molar-refractivity contribution in [2.24, 2.45) is 5.73 Å². The van der Waals surface area contributed by atoms with E-state index in [2.05, 4.69) is 15.2 Å². The number of fused-ring (bicyclic) bond motifs is 1. The Labute approximate surface area is 159 Å². The summed E-state index contributed by atoms with van der Waals surface area (Å²) in [5.74, 6) is 0.872. The van der Waals surface area contributed by atoms with Gasteiger partial charge in [-0.2, -0.15) is 10.2 Å². The summed E-state index contributed by atoms with van der Waals surface area (Å²) in [7, 11) is 0. The quantitative estimate of drug-likeness (QED) is 0.740. The van der Waals surface area contributed by atoms with E-state index in [9.17, 15) is 4.79 Å². The summed E-state index contributed by atoms with van der Waals surface area (Å²) < 4.78 is 3.73. The van der Waals surface area contributed by atoms with Crippen LogP contribution in [0.3, 0.4) is 0 Å². The van der Waals surface area contributed by atoms with E-state index in [1.54, 1.807) is 23.0 Å². The van der Waals surface area contributed by atoms with Crippen molar-refractivity contribution in [1.82, 2.24) is 24.5 Å². The second kappa shape index (κ2) is 6.74. The standard InChI is InChI=1S/C17H16Cl2N6O/c18-13-2-1-12(8-14(13)19)25-17(22-16(23-25)9-15(20)26)10-4-6-24-11(7-10)3-5-21-24/h1-3,5,8,10H,4,6-7,9H2,(H2,20,26). The number of nitrogens with zero attached hydrogens (tertiary/aromatic N) is 5. The van der Waals surface area contributed by atoms with Crippen molar-refractivity contribution in [2.45, 2.75) is 31.7 Å². The van der Waals surface area contributed by atoms with Gasteiger partial charge in [0.05, 0.1) is 22.2 Å². The van der Waals surface area contributed by atoms with E-state index in [0.29, 0.717) is 15.9 Å². The lowest BCUT2D eigenvalue weighted by Gasteiger charge is -2.23. The first-order valence-electron chi connectivity index (χ1n) is 8.21. The highest BCUT2D eigenvalue weighted by molar-refractivity contribution is 6.42. The molecule has 1 aliphatic heterocycles. The van der Waals surface area contributed by atoms with Crippen LogP contribution in [0.1, 0.15) is 29.7 Å². The Bertz CT molecular complexity index is 980. The molecule has 0 bridgehead atoms. The normalized spacial score (nSPS) is 16.5. The van der Waals surface area contributed by atoms with Gasteiger partial charge in [-0.15, -0.1) is 0 Å². The fraction of sp³-hybridized carbons (Fsp3) is 0.294. The zero-order chi connectivity index (χ0) is 18.3. The van der Waals surface area contributed by atoms with Crippen LogP contribution in [0.5, 0.6) is 0 Å². The van der Waals surface area contributed by atoms with Gasteiger partial charge in [-0.25, -0.2) is 9.67 Å². The Hall–Kier alpha value is -2.38. The first-order valence-corrected chi connectivity index (χ1v) is 8.97. The van der Waals surface area contributed by atoms with Gasteiger partial charge in [-0.1, -0.05) is 23.2 Å². The first kappa shape index (κ1) is 17.1. The summed E-state index contributed by atoms with van der Waals surface area (Å²) in [5, 5.41) is 9.71. The Morgan fingerprint density at radius 3 is 2.88 bits per heavy atom. The highest BCUT2D eigenvalue weighted by atomic mass is 35.5. The lowest BCUT2D eigenvalue weighted by atomic mass is 9.95. The highest BCUT2D eigenvalue weighted by Crippen LogP contribution is 2.31. The summed E-state index contributed by atoms with van der Waals surface area (Å²) in [6.45, 7) is 0.812. The molecule has 0 radical (unpaired) electrons. The van der Waals surface area contributed by atoms with E-state index in [1.807, 2.05) is 16.8 Å². The number of primary amides is 1. The molecule has 3 aromatic rings. The molecule has 9 heteroatoms. The van der Waals surface area contributed by atoms with Crippen LogP contribution >= 0.6 is 23.2 Å². The molecule has 1 aromatic carbocycles. The minimum Gasteiger partial charge on any atom is -0.369 e. The van der Waals surface area contributed by atoms with Crippen LogP contribution in [-0.2, 0) is 24.2 Å². The van der Waals surface area contributed by atoms with Crippen molar-refractivity contribution in [2.75, 3.05) is 0 Å². The minimum absolute atomic E-state index is 0.00796. The van der Waals surface area contributed by atoms with Crippen LogP contribution < -0.4 is 5.73 Å². The van der Waals surface area contributed by atoms with Crippen LogP contribution in [0.4, 0.5) is 0 Å². The number of halogens is 2. The molecule has 0 fully saturated rings. The van der Waals surface area contributed by atoms with E-state index in [1.165, 1.54) is 0 Å². The van der Waals surface area contributed by atoms with Crippen LogP contribution in [0.2, 0.25) is 10.0 Å². The second-order valence-corrected chi connectivity index (χ2v) is 7.09. The lowest BCUT2D eigenvalue weighted by Crippen LogP contribution is -2.21. The molecular weight excluding hydrogens is 375 g/mol. The monoisotopic (exact) mass is 390 g/mol. The Morgan fingerprint density at radius 1 is 1.27 bits per heavy atom. The fourth-order valence-corrected chi connectivity index (χ4v) is 3.55. The van der Waals surface area contributed by atoms with Gasteiger partial charge in [0, 0.05) is 24.4 Å². The lowest BCUT2D eigenvalue weighted by molar-refractivity contribution is -0.117. The van der Waals surface area contributed by atoms with Crippen molar-refractivity contribution in [3.05, 3.63) is 57.9 Å². The van der Waals surface area contributed by atoms with E-state index in [0.717, 1.165) is 36.6 Å². The van der Waals surface area contributed by atoms with Gasteiger partial charge in [0.25, 0.3) is 0 Å². The van der Waals surface area contributed by atoms with Gasteiger partial charge < -0.3 is 5.73 Å². The third kappa shape index (κ3) is 3.20. The molecule has 134 valence electrons. The van der Waals surface area contributed by atoms with Crippen LogP contribution in [-0.4, -0.2) is 30.5 Å². The molecule has 2 N–H and O–H groups in total. The number of aryl methyl sites for hydroxylation is 1. The summed E-state index contributed by atoms with van der Waals surface area (Å²) in [6, 6.07) is 7.29. The molecule has 0 saturated carbocycles. The number of amides is 1. The number of rotatable bonds is 4. The maximum absolute atomic E-state index is 11.3. The summed E-state index contributed by atoms with van der Waals surface area (Å²) in [6.07, 6.45) is 3.48. The number of hydrogen-bond acceptors (Lipinski definition) is 4. The van der Waals surface area contributed by atoms with E-state index < -0.39 is 5.91 Å². The molecule has 2 aromatic heterocycles.